The van der Waals surface area contributed by atoms with E-state index in [1.807, 2.05) is 18.7 Å². The highest BCUT2D eigenvalue weighted by Crippen LogP contribution is 2.30. The second-order valence-electron chi connectivity index (χ2n) is 3.82. The van der Waals surface area contributed by atoms with E-state index in [0.29, 0.717) is 19.1 Å². The maximum Gasteiger partial charge on any atom is 0.276 e. The van der Waals surface area contributed by atoms with Crippen molar-refractivity contribution in [2.24, 2.45) is 0 Å². The quantitative estimate of drug-likeness (QED) is 0.662. The molecule has 0 amide bonds. The first kappa shape index (κ1) is 10.9. The molecular weight excluding hydrogens is 176 g/mol. The van der Waals surface area contributed by atoms with Crippen LogP contribution in [0.1, 0.15) is 20.3 Å². The molecule has 1 fully saturated rings. The Kier molecular flexibility index (Phi) is 3.24. The van der Waals surface area contributed by atoms with Crippen molar-refractivity contribution >= 4 is 0 Å². The van der Waals surface area contributed by atoms with E-state index in [1.165, 1.54) is 7.11 Å². The van der Waals surface area contributed by atoms with Crippen molar-refractivity contribution in [3.8, 4) is 0 Å². The molecule has 0 bridgehead atoms. The average molecular weight is 193 g/mol. The molecule has 1 rings (SSSR count). The normalized spacial score (nSPS) is 29.5. The lowest BCUT2D eigenvalue weighted by Crippen LogP contribution is -2.53. The van der Waals surface area contributed by atoms with Gasteiger partial charge in [-0.1, -0.05) is 0 Å². The van der Waals surface area contributed by atoms with E-state index >= 15 is 0 Å². The van der Waals surface area contributed by atoms with Crippen molar-refractivity contribution in [1.29, 1.82) is 0 Å². The van der Waals surface area contributed by atoms with Crippen LogP contribution in [0.15, 0.2) is 0 Å². The Balaban J connectivity index is 2.58. The number of methoxy groups -OCH3 is 1. The summed E-state index contributed by atoms with van der Waals surface area (Å²) in [5.74, 6) is -2.65. The maximum absolute atomic E-state index is 13.2. The van der Waals surface area contributed by atoms with E-state index < -0.39 is 12.0 Å². The Labute approximate surface area is 77.9 Å². The van der Waals surface area contributed by atoms with Crippen LogP contribution in [-0.4, -0.2) is 43.2 Å². The molecule has 1 unspecified atom stereocenters. The van der Waals surface area contributed by atoms with E-state index in [4.69, 9.17) is 4.74 Å². The minimum absolute atomic E-state index is 0.0936. The Morgan fingerprint density at radius 2 is 2.08 bits per heavy atom. The van der Waals surface area contributed by atoms with Crippen molar-refractivity contribution in [3.63, 3.8) is 0 Å². The number of likely N-dealkylation sites (tertiary alicyclic amines) is 1. The van der Waals surface area contributed by atoms with Crippen molar-refractivity contribution < 1.29 is 13.5 Å². The molecule has 0 saturated carbocycles. The summed E-state index contributed by atoms with van der Waals surface area (Å²) in [6.07, 6.45) is -1.03. The zero-order chi connectivity index (χ0) is 10.1. The van der Waals surface area contributed by atoms with Gasteiger partial charge < -0.3 is 4.74 Å². The van der Waals surface area contributed by atoms with Crippen LogP contribution in [0.25, 0.3) is 0 Å². The van der Waals surface area contributed by atoms with Gasteiger partial charge in [-0.25, -0.2) is 8.78 Å². The molecule has 1 aliphatic rings. The van der Waals surface area contributed by atoms with Gasteiger partial charge in [0, 0.05) is 32.7 Å². The van der Waals surface area contributed by atoms with Crippen molar-refractivity contribution in [2.75, 3.05) is 20.2 Å². The lowest BCUT2D eigenvalue weighted by Gasteiger charge is -2.39. The third-order valence-electron chi connectivity index (χ3n) is 2.62. The summed E-state index contributed by atoms with van der Waals surface area (Å²) < 4.78 is 31.1. The third kappa shape index (κ3) is 2.38. The highest BCUT2D eigenvalue weighted by atomic mass is 19.3. The molecule has 1 heterocycles. The average Bonchev–Trinajstić information content (AvgIpc) is 2.03. The fourth-order valence-corrected chi connectivity index (χ4v) is 1.61. The molecule has 0 N–H and O–H groups in total. The van der Waals surface area contributed by atoms with E-state index in [1.54, 1.807) is 0 Å². The number of piperidine rings is 1. The number of hydrogen-bond acceptors (Lipinski definition) is 2. The molecule has 0 aliphatic carbocycles. The van der Waals surface area contributed by atoms with Gasteiger partial charge in [-0.05, 0) is 13.8 Å². The number of nitrogens with zero attached hydrogens (tertiary/aromatic N) is 1. The van der Waals surface area contributed by atoms with E-state index in [9.17, 15) is 8.78 Å². The number of rotatable bonds is 2. The van der Waals surface area contributed by atoms with Crippen LogP contribution in [0, 0.1) is 0 Å². The van der Waals surface area contributed by atoms with Gasteiger partial charge in [0.05, 0.1) is 0 Å². The van der Waals surface area contributed by atoms with Gasteiger partial charge in [0.1, 0.15) is 6.10 Å². The van der Waals surface area contributed by atoms with Gasteiger partial charge in [0.25, 0.3) is 5.92 Å². The fraction of sp³-hybridized carbons (Fsp3) is 1.00. The molecule has 1 atom stereocenters. The zero-order valence-electron chi connectivity index (χ0n) is 8.39. The fourth-order valence-electron chi connectivity index (χ4n) is 1.61. The first-order valence-electron chi connectivity index (χ1n) is 4.62. The Bertz CT molecular complexity index is 173. The molecule has 1 aliphatic heterocycles. The topological polar surface area (TPSA) is 12.5 Å². The molecule has 13 heavy (non-hydrogen) atoms. The van der Waals surface area contributed by atoms with E-state index in [2.05, 4.69) is 0 Å². The molecule has 4 heteroatoms. The van der Waals surface area contributed by atoms with Crippen LogP contribution < -0.4 is 0 Å². The van der Waals surface area contributed by atoms with Crippen molar-refractivity contribution in [2.45, 2.75) is 38.3 Å². The lowest BCUT2D eigenvalue weighted by atomic mass is 10.0. The second kappa shape index (κ2) is 3.88. The maximum atomic E-state index is 13.2. The summed E-state index contributed by atoms with van der Waals surface area (Å²) in [5, 5.41) is 0. The predicted octanol–water partition coefficient (Wildman–Crippen LogP) is 1.75. The Hall–Kier alpha value is -0.220. The first-order valence-corrected chi connectivity index (χ1v) is 4.62. The minimum atomic E-state index is -2.65. The molecule has 0 radical (unpaired) electrons. The molecule has 0 aromatic heterocycles. The van der Waals surface area contributed by atoms with Gasteiger partial charge in [-0.3, -0.25) is 4.90 Å². The van der Waals surface area contributed by atoms with Crippen LogP contribution >= 0.6 is 0 Å². The summed E-state index contributed by atoms with van der Waals surface area (Å²) >= 11 is 0. The van der Waals surface area contributed by atoms with Crippen molar-refractivity contribution in [1.82, 2.24) is 4.90 Å². The SMILES string of the molecule is COC1CN(C(C)C)CCC1(F)F. The second-order valence-corrected chi connectivity index (χ2v) is 3.82. The summed E-state index contributed by atoms with van der Waals surface area (Å²) in [7, 11) is 1.35. The number of alkyl halides is 2. The predicted molar refractivity (Wildman–Crippen MR) is 47.1 cm³/mol. The molecular formula is C9H17F2NO. The van der Waals surface area contributed by atoms with Gasteiger partial charge in [0.15, 0.2) is 0 Å². The molecule has 0 aromatic rings. The van der Waals surface area contributed by atoms with Gasteiger partial charge in [0.2, 0.25) is 0 Å². The first-order chi connectivity index (χ1) is 5.97. The van der Waals surface area contributed by atoms with Gasteiger partial charge in [-0.15, -0.1) is 0 Å². The Morgan fingerprint density at radius 3 is 2.54 bits per heavy atom. The molecule has 78 valence electrons. The van der Waals surface area contributed by atoms with E-state index in [-0.39, 0.29) is 6.42 Å². The zero-order valence-corrected chi connectivity index (χ0v) is 8.39. The molecule has 0 spiro atoms. The van der Waals surface area contributed by atoms with Crippen LogP contribution in [0.4, 0.5) is 8.78 Å². The molecule has 2 nitrogen and oxygen atoms in total. The van der Waals surface area contributed by atoms with Crippen molar-refractivity contribution in [3.05, 3.63) is 0 Å². The van der Waals surface area contributed by atoms with Crippen LogP contribution in [0.3, 0.4) is 0 Å². The van der Waals surface area contributed by atoms with Gasteiger partial charge >= 0.3 is 0 Å². The highest BCUT2D eigenvalue weighted by molar-refractivity contribution is 4.88. The summed E-state index contributed by atoms with van der Waals surface area (Å²) in [4.78, 5) is 2.02. The molecule has 0 aromatic carbocycles. The largest absolute Gasteiger partial charge is 0.374 e. The third-order valence-corrected chi connectivity index (χ3v) is 2.62. The highest BCUT2D eigenvalue weighted by Gasteiger charge is 2.44. The lowest BCUT2D eigenvalue weighted by molar-refractivity contribution is -0.163. The summed E-state index contributed by atoms with van der Waals surface area (Å²) in [6, 6.07) is 0.314. The number of ether oxygens (including phenoxy) is 1. The Morgan fingerprint density at radius 1 is 1.46 bits per heavy atom. The van der Waals surface area contributed by atoms with Crippen LogP contribution in [-0.2, 0) is 4.74 Å². The smallest absolute Gasteiger partial charge is 0.276 e. The van der Waals surface area contributed by atoms with Gasteiger partial charge in [-0.2, -0.15) is 0 Å². The van der Waals surface area contributed by atoms with Crippen LogP contribution in [0.5, 0.6) is 0 Å². The van der Waals surface area contributed by atoms with Crippen LogP contribution in [0.2, 0.25) is 0 Å². The summed E-state index contributed by atoms with van der Waals surface area (Å²) in [6.45, 7) is 4.82. The summed E-state index contributed by atoms with van der Waals surface area (Å²) in [5.41, 5.74) is 0. The minimum Gasteiger partial charge on any atom is -0.374 e. The number of hydrogen-bond donors (Lipinski definition) is 0. The number of halogens is 2. The standard InChI is InChI=1S/C9H17F2NO/c1-7(2)12-5-4-9(10,11)8(6-12)13-3/h7-8H,4-6H2,1-3H3. The molecule has 1 saturated heterocycles. The van der Waals surface area contributed by atoms with E-state index in [0.717, 1.165) is 0 Å². The monoisotopic (exact) mass is 193 g/mol.